The number of nitrogens with zero attached hydrogens (tertiary/aromatic N) is 1. The van der Waals surface area contributed by atoms with Gasteiger partial charge in [0.2, 0.25) is 5.91 Å². The van der Waals surface area contributed by atoms with Crippen LogP contribution in [0.1, 0.15) is 34.3 Å². The molecule has 1 unspecified atom stereocenters. The molecule has 2 aromatic carbocycles. The van der Waals surface area contributed by atoms with Gasteiger partial charge >= 0.3 is 0 Å². The van der Waals surface area contributed by atoms with E-state index in [1.807, 2.05) is 53.5 Å². The Kier molecular flexibility index (Phi) is 5.81. The van der Waals surface area contributed by atoms with Gasteiger partial charge < -0.3 is 5.32 Å². The fourth-order valence-corrected chi connectivity index (χ4v) is 5.32. The Morgan fingerprint density at radius 1 is 1.22 bits per heavy atom. The van der Waals surface area contributed by atoms with E-state index in [0.717, 1.165) is 34.9 Å². The number of fused-ring (bicyclic) bond motifs is 1. The van der Waals surface area contributed by atoms with E-state index in [2.05, 4.69) is 22.4 Å². The molecule has 2 heterocycles. The molecule has 0 aliphatic carbocycles. The lowest BCUT2D eigenvalue weighted by Gasteiger charge is -2.26. The topological polar surface area (TPSA) is 42.0 Å². The van der Waals surface area contributed by atoms with Crippen LogP contribution in [-0.2, 0) is 17.6 Å². The second-order valence-electron chi connectivity index (χ2n) is 6.51. The zero-order valence-electron chi connectivity index (χ0n) is 14.7. The lowest BCUT2D eigenvalue weighted by Crippen LogP contribution is -2.31. The number of nitrogens with one attached hydrogen (secondary N) is 1. The number of aromatic nitrogens is 1. The SMILES string of the molecule is O=C(Cc1csc(Cc2ccccc2)n1)NC1CCSc2ccc(Cl)cc21. The summed E-state index contributed by atoms with van der Waals surface area (Å²) in [5.41, 5.74) is 3.19. The Morgan fingerprint density at radius 2 is 2.07 bits per heavy atom. The summed E-state index contributed by atoms with van der Waals surface area (Å²) in [6.07, 6.45) is 2.03. The van der Waals surface area contributed by atoms with Crippen LogP contribution < -0.4 is 5.32 Å². The van der Waals surface area contributed by atoms with Crippen LogP contribution in [0.15, 0.2) is 58.8 Å². The lowest BCUT2D eigenvalue weighted by atomic mass is 10.0. The number of halogens is 1. The second-order valence-corrected chi connectivity index (χ2v) is 9.03. The highest BCUT2D eigenvalue weighted by Crippen LogP contribution is 2.37. The average Bonchev–Trinajstić information content (AvgIpc) is 3.09. The van der Waals surface area contributed by atoms with Crippen molar-refractivity contribution in [1.29, 1.82) is 0 Å². The van der Waals surface area contributed by atoms with Crippen molar-refractivity contribution >= 4 is 40.6 Å². The van der Waals surface area contributed by atoms with E-state index in [4.69, 9.17) is 11.6 Å². The van der Waals surface area contributed by atoms with Gasteiger partial charge in [0.15, 0.2) is 0 Å². The van der Waals surface area contributed by atoms with Gasteiger partial charge in [0.05, 0.1) is 23.2 Å². The molecule has 0 spiro atoms. The summed E-state index contributed by atoms with van der Waals surface area (Å²) < 4.78 is 0. The van der Waals surface area contributed by atoms with Crippen molar-refractivity contribution in [3.63, 3.8) is 0 Å². The average molecular weight is 415 g/mol. The van der Waals surface area contributed by atoms with Gasteiger partial charge in [-0.3, -0.25) is 4.79 Å². The third-order valence-corrected chi connectivity index (χ3v) is 6.74. The van der Waals surface area contributed by atoms with Crippen LogP contribution in [0.4, 0.5) is 0 Å². The predicted molar refractivity (Wildman–Crippen MR) is 113 cm³/mol. The van der Waals surface area contributed by atoms with Crippen LogP contribution in [0, 0.1) is 0 Å². The molecule has 6 heteroatoms. The van der Waals surface area contributed by atoms with E-state index < -0.39 is 0 Å². The summed E-state index contributed by atoms with van der Waals surface area (Å²) >= 11 is 9.57. The molecule has 1 aliphatic heterocycles. The summed E-state index contributed by atoms with van der Waals surface area (Å²) in [4.78, 5) is 18.4. The number of carbonyl (C=O) groups is 1. The molecular weight excluding hydrogens is 396 g/mol. The standard InChI is InChI=1S/C21H19ClN2OS2/c22-15-6-7-19-17(11-15)18(8-9-26-19)24-20(25)12-16-13-27-21(23-16)10-14-4-2-1-3-5-14/h1-7,11,13,18H,8-10,12H2,(H,24,25). The van der Waals surface area contributed by atoms with Gasteiger partial charge in [0, 0.05) is 27.5 Å². The second kappa shape index (κ2) is 8.46. The van der Waals surface area contributed by atoms with Crippen LogP contribution in [-0.4, -0.2) is 16.6 Å². The zero-order valence-corrected chi connectivity index (χ0v) is 17.0. The lowest BCUT2D eigenvalue weighted by molar-refractivity contribution is -0.121. The van der Waals surface area contributed by atoms with Crippen molar-refractivity contribution < 1.29 is 4.79 Å². The summed E-state index contributed by atoms with van der Waals surface area (Å²) in [6.45, 7) is 0. The number of thioether (sulfide) groups is 1. The Bertz CT molecular complexity index is 942. The molecule has 1 aromatic heterocycles. The Hall–Kier alpha value is -1.82. The van der Waals surface area contributed by atoms with Gasteiger partial charge in [-0.25, -0.2) is 4.98 Å². The van der Waals surface area contributed by atoms with Crippen LogP contribution in [0.5, 0.6) is 0 Å². The number of benzene rings is 2. The van der Waals surface area contributed by atoms with Gasteiger partial charge in [-0.05, 0) is 35.7 Å². The molecule has 3 nitrogen and oxygen atoms in total. The summed E-state index contributed by atoms with van der Waals surface area (Å²) in [7, 11) is 0. The smallest absolute Gasteiger partial charge is 0.226 e. The first-order chi connectivity index (χ1) is 13.2. The van der Waals surface area contributed by atoms with Crippen molar-refractivity contribution in [2.24, 2.45) is 0 Å². The Labute approximate surface area is 172 Å². The third kappa shape index (κ3) is 4.72. The minimum atomic E-state index is 0.00869. The molecule has 138 valence electrons. The fraction of sp³-hybridized carbons (Fsp3) is 0.238. The van der Waals surface area contributed by atoms with Crippen LogP contribution in [0.25, 0.3) is 0 Å². The zero-order chi connectivity index (χ0) is 18.6. The normalized spacial score (nSPS) is 16.0. The monoisotopic (exact) mass is 414 g/mol. The van der Waals surface area contributed by atoms with Crippen molar-refractivity contribution in [3.05, 3.63) is 80.8 Å². The molecule has 0 fully saturated rings. The number of hydrogen-bond acceptors (Lipinski definition) is 4. The molecule has 3 aromatic rings. The van der Waals surface area contributed by atoms with Gasteiger partial charge in [-0.15, -0.1) is 23.1 Å². The number of rotatable bonds is 5. The first-order valence-corrected chi connectivity index (χ1v) is 11.1. The Morgan fingerprint density at radius 3 is 2.93 bits per heavy atom. The largest absolute Gasteiger partial charge is 0.349 e. The first-order valence-electron chi connectivity index (χ1n) is 8.86. The molecule has 1 atom stereocenters. The Balaban J connectivity index is 1.39. The molecule has 27 heavy (non-hydrogen) atoms. The minimum Gasteiger partial charge on any atom is -0.349 e. The molecular formula is C21H19ClN2OS2. The van der Waals surface area contributed by atoms with E-state index in [-0.39, 0.29) is 11.9 Å². The minimum absolute atomic E-state index is 0.00869. The number of amides is 1. The van der Waals surface area contributed by atoms with Gasteiger partial charge in [-0.1, -0.05) is 41.9 Å². The third-order valence-electron chi connectivity index (χ3n) is 4.49. The first kappa shape index (κ1) is 18.5. The quantitative estimate of drug-likeness (QED) is 0.617. The number of thiazole rings is 1. The van der Waals surface area contributed by atoms with Crippen molar-refractivity contribution in [2.75, 3.05) is 5.75 Å². The predicted octanol–water partition coefficient (Wildman–Crippen LogP) is 5.28. The van der Waals surface area contributed by atoms with Crippen molar-refractivity contribution in [2.45, 2.75) is 30.2 Å². The van der Waals surface area contributed by atoms with Gasteiger partial charge in [-0.2, -0.15) is 0 Å². The molecule has 0 radical (unpaired) electrons. The van der Waals surface area contributed by atoms with E-state index in [9.17, 15) is 4.79 Å². The number of carbonyl (C=O) groups excluding carboxylic acids is 1. The number of hydrogen-bond donors (Lipinski definition) is 1. The molecule has 0 saturated heterocycles. The van der Waals surface area contributed by atoms with E-state index >= 15 is 0 Å². The molecule has 1 N–H and O–H groups in total. The molecule has 0 bridgehead atoms. The summed E-state index contributed by atoms with van der Waals surface area (Å²) in [5.74, 6) is 1.01. The van der Waals surface area contributed by atoms with E-state index in [1.165, 1.54) is 10.5 Å². The fourth-order valence-electron chi connectivity index (χ4n) is 3.21. The maximum Gasteiger partial charge on any atom is 0.226 e. The highest BCUT2D eigenvalue weighted by atomic mass is 35.5. The molecule has 0 saturated carbocycles. The van der Waals surface area contributed by atoms with Gasteiger partial charge in [0.1, 0.15) is 0 Å². The molecule has 4 rings (SSSR count). The molecule has 1 amide bonds. The van der Waals surface area contributed by atoms with Crippen LogP contribution >= 0.6 is 34.7 Å². The summed E-state index contributed by atoms with van der Waals surface area (Å²) in [6, 6.07) is 16.2. The highest BCUT2D eigenvalue weighted by molar-refractivity contribution is 7.99. The van der Waals surface area contributed by atoms with Crippen molar-refractivity contribution in [3.8, 4) is 0 Å². The maximum atomic E-state index is 12.6. The van der Waals surface area contributed by atoms with E-state index in [1.54, 1.807) is 11.3 Å². The van der Waals surface area contributed by atoms with E-state index in [0.29, 0.717) is 11.4 Å². The summed E-state index contributed by atoms with van der Waals surface area (Å²) in [5, 5.41) is 6.90. The van der Waals surface area contributed by atoms with Crippen LogP contribution in [0.3, 0.4) is 0 Å². The molecule has 1 aliphatic rings. The van der Waals surface area contributed by atoms with Crippen LogP contribution in [0.2, 0.25) is 5.02 Å². The van der Waals surface area contributed by atoms with Crippen molar-refractivity contribution in [1.82, 2.24) is 10.3 Å². The maximum absolute atomic E-state index is 12.6. The highest BCUT2D eigenvalue weighted by Gasteiger charge is 2.23. The van der Waals surface area contributed by atoms with Gasteiger partial charge in [0.25, 0.3) is 0 Å².